The predicted octanol–water partition coefficient (Wildman–Crippen LogP) is 3.13. The summed E-state index contributed by atoms with van der Waals surface area (Å²) in [5.74, 6) is 0.868. The van der Waals surface area contributed by atoms with E-state index in [-0.39, 0.29) is 23.2 Å². The van der Waals surface area contributed by atoms with Crippen molar-refractivity contribution in [3.8, 4) is 0 Å². The molecule has 0 amide bonds. The number of hydrogen-bond acceptors (Lipinski definition) is 3. The fraction of sp³-hybridized carbons (Fsp3) is 0.929. The molecule has 1 atom stereocenters. The van der Waals surface area contributed by atoms with E-state index in [1.54, 1.807) is 0 Å². The normalized spacial score (nSPS) is 22.2. The Morgan fingerprint density at radius 2 is 1.78 bits per heavy atom. The van der Waals surface area contributed by atoms with Crippen molar-refractivity contribution in [3.05, 3.63) is 0 Å². The van der Waals surface area contributed by atoms with Crippen LogP contribution in [-0.2, 0) is 14.6 Å². The van der Waals surface area contributed by atoms with Crippen LogP contribution in [0.25, 0.3) is 0 Å². The topological polar surface area (TPSA) is 51.2 Å². The van der Waals surface area contributed by atoms with Gasteiger partial charge in [0.15, 0.2) is 9.84 Å². The largest absolute Gasteiger partial charge is 0.300 e. The van der Waals surface area contributed by atoms with E-state index in [1.807, 2.05) is 0 Å². The first kappa shape index (κ1) is 15.7. The molecule has 1 saturated heterocycles. The van der Waals surface area contributed by atoms with Gasteiger partial charge in [-0.2, -0.15) is 0 Å². The Morgan fingerprint density at radius 1 is 1.11 bits per heavy atom. The van der Waals surface area contributed by atoms with Gasteiger partial charge in [0.25, 0.3) is 0 Å². The van der Waals surface area contributed by atoms with E-state index in [9.17, 15) is 13.2 Å². The maximum atomic E-state index is 11.7. The highest BCUT2D eigenvalue weighted by molar-refractivity contribution is 7.91. The lowest BCUT2D eigenvalue weighted by atomic mass is 9.98. The molecule has 1 fully saturated rings. The molecule has 106 valence electrons. The summed E-state index contributed by atoms with van der Waals surface area (Å²) >= 11 is 0. The molecule has 0 aromatic carbocycles. The molecular formula is C14H26O3S. The first-order chi connectivity index (χ1) is 8.53. The third-order valence-electron chi connectivity index (χ3n) is 3.65. The molecule has 18 heavy (non-hydrogen) atoms. The molecule has 0 spiro atoms. The van der Waals surface area contributed by atoms with Crippen LogP contribution in [-0.4, -0.2) is 25.7 Å². The van der Waals surface area contributed by atoms with Gasteiger partial charge in [0.2, 0.25) is 0 Å². The van der Waals surface area contributed by atoms with Gasteiger partial charge in [0.1, 0.15) is 5.78 Å². The van der Waals surface area contributed by atoms with E-state index >= 15 is 0 Å². The zero-order chi connectivity index (χ0) is 13.4. The molecule has 0 saturated carbocycles. The minimum Gasteiger partial charge on any atom is -0.300 e. The predicted molar refractivity (Wildman–Crippen MR) is 74.4 cm³/mol. The van der Waals surface area contributed by atoms with Crippen LogP contribution in [0.2, 0.25) is 0 Å². The zero-order valence-electron chi connectivity index (χ0n) is 11.5. The lowest BCUT2D eigenvalue weighted by Crippen LogP contribution is -2.10. The summed E-state index contributed by atoms with van der Waals surface area (Å²) in [5.41, 5.74) is 0. The SMILES string of the molecule is CCCCCCCCC(=O)CC1CCS(=O)(=O)C1. The van der Waals surface area contributed by atoms with Crippen LogP contribution < -0.4 is 0 Å². The van der Waals surface area contributed by atoms with E-state index in [1.165, 1.54) is 25.7 Å². The van der Waals surface area contributed by atoms with E-state index < -0.39 is 9.84 Å². The summed E-state index contributed by atoms with van der Waals surface area (Å²) in [6.45, 7) is 2.19. The summed E-state index contributed by atoms with van der Waals surface area (Å²) in [7, 11) is -2.83. The monoisotopic (exact) mass is 274 g/mol. The van der Waals surface area contributed by atoms with Gasteiger partial charge in [-0.15, -0.1) is 0 Å². The molecule has 0 aliphatic carbocycles. The summed E-state index contributed by atoms with van der Waals surface area (Å²) < 4.78 is 22.5. The van der Waals surface area contributed by atoms with Crippen LogP contribution in [0, 0.1) is 5.92 Å². The third-order valence-corrected chi connectivity index (χ3v) is 5.49. The van der Waals surface area contributed by atoms with Gasteiger partial charge in [-0.05, 0) is 18.8 Å². The third kappa shape index (κ3) is 6.53. The van der Waals surface area contributed by atoms with Crippen LogP contribution in [0.1, 0.15) is 64.7 Å². The molecular weight excluding hydrogens is 248 g/mol. The maximum absolute atomic E-state index is 11.7. The van der Waals surface area contributed by atoms with E-state index in [0.29, 0.717) is 19.3 Å². The summed E-state index contributed by atoms with van der Waals surface area (Å²) in [5, 5.41) is 0. The lowest BCUT2D eigenvalue weighted by molar-refractivity contribution is -0.119. The fourth-order valence-electron chi connectivity index (χ4n) is 2.56. The Balaban J connectivity index is 2.04. The number of carbonyl (C=O) groups excluding carboxylic acids is 1. The highest BCUT2D eigenvalue weighted by Crippen LogP contribution is 2.22. The molecule has 3 nitrogen and oxygen atoms in total. The van der Waals surface area contributed by atoms with Crippen molar-refractivity contribution in [1.29, 1.82) is 0 Å². The van der Waals surface area contributed by atoms with Gasteiger partial charge in [-0.1, -0.05) is 39.0 Å². The second kappa shape index (κ2) is 7.93. The number of Topliss-reactive ketones (excluding diaryl/α,β-unsaturated/α-hetero) is 1. The number of hydrogen-bond donors (Lipinski definition) is 0. The Morgan fingerprint density at radius 3 is 2.39 bits per heavy atom. The van der Waals surface area contributed by atoms with E-state index in [4.69, 9.17) is 0 Å². The zero-order valence-corrected chi connectivity index (χ0v) is 12.3. The standard InChI is InChI=1S/C14H26O3S/c1-2-3-4-5-6-7-8-14(15)11-13-9-10-18(16,17)12-13/h13H,2-12H2,1H3. The fourth-order valence-corrected chi connectivity index (χ4v) is 4.42. The lowest BCUT2D eigenvalue weighted by Gasteiger charge is -2.06. The minimum atomic E-state index is -2.83. The molecule has 1 heterocycles. The van der Waals surface area contributed by atoms with Gasteiger partial charge >= 0.3 is 0 Å². The molecule has 0 radical (unpaired) electrons. The van der Waals surface area contributed by atoms with Crippen LogP contribution in [0.3, 0.4) is 0 Å². The van der Waals surface area contributed by atoms with Crippen LogP contribution >= 0.6 is 0 Å². The van der Waals surface area contributed by atoms with Crippen molar-refractivity contribution in [3.63, 3.8) is 0 Å². The first-order valence-corrected chi connectivity index (χ1v) is 9.08. The average Bonchev–Trinajstić information content (AvgIpc) is 2.63. The van der Waals surface area contributed by atoms with Gasteiger partial charge < -0.3 is 0 Å². The van der Waals surface area contributed by atoms with Crippen molar-refractivity contribution in [2.24, 2.45) is 5.92 Å². The molecule has 1 rings (SSSR count). The summed E-state index contributed by atoms with van der Waals surface area (Å²) in [4.78, 5) is 11.7. The number of unbranched alkanes of at least 4 members (excludes halogenated alkanes) is 5. The number of rotatable bonds is 9. The van der Waals surface area contributed by atoms with Gasteiger partial charge in [0.05, 0.1) is 11.5 Å². The molecule has 0 aromatic heterocycles. The van der Waals surface area contributed by atoms with Crippen LogP contribution in [0.4, 0.5) is 0 Å². The van der Waals surface area contributed by atoms with Crippen molar-refractivity contribution in [2.75, 3.05) is 11.5 Å². The van der Waals surface area contributed by atoms with Gasteiger partial charge in [-0.3, -0.25) is 4.79 Å². The maximum Gasteiger partial charge on any atom is 0.150 e. The van der Waals surface area contributed by atoms with Crippen molar-refractivity contribution < 1.29 is 13.2 Å². The molecule has 0 bridgehead atoms. The summed E-state index contributed by atoms with van der Waals surface area (Å²) in [6.07, 6.45) is 8.94. The average molecular weight is 274 g/mol. The Kier molecular flexibility index (Phi) is 6.90. The van der Waals surface area contributed by atoms with Crippen LogP contribution in [0.5, 0.6) is 0 Å². The minimum absolute atomic E-state index is 0.0996. The Bertz CT molecular complexity index is 346. The Hall–Kier alpha value is -0.380. The van der Waals surface area contributed by atoms with Gasteiger partial charge in [-0.25, -0.2) is 8.42 Å². The number of sulfone groups is 1. The van der Waals surface area contributed by atoms with Gasteiger partial charge in [0, 0.05) is 12.8 Å². The highest BCUT2D eigenvalue weighted by Gasteiger charge is 2.28. The highest BCUT2D eigenvalue weighted by atomic mass is 32.2. The molecule has 1 aliphatic heterocycles. The van der Waals surface area contributed by atoms with Crippen LogP contribution in [0.15, 0.2) is 0 Å². The number of carbonyl (C=O) groups is 1. The number of ketones is 1. The molecule has 0 aromatic rings. The molecule has 1 aliphatic rings. The molecule has 1 unspecified atom stereocenters. The summed E-state index contributed by atoms with van der Waals surface area (Å²) in [6, 6.07) is 0. The quantitative estimate of drug-likeness (QED) is 0.607. The van der Waals surface area contributed by atoms with E-state index in [2.05, 4.69) is 6.92 Å². The second-order valence-corrected chi connectivity index (χ2v) is 7.76. The Labute approximate surface area is 111 Å². The smallest absolute Gasteiger partial charge is 0.150 e. The first-order valence-electron chi connectivity index (χ1n) is 7.25. The molecule has 0 N–H and O–H groups in total. The molecule has 4 heteroatoms. The second-order valence-electron chi connectivity index (χ2n) is 5.53. The van der Waals surface area contributed by atoms with Crippen molar-refractivity contribution in [2.45, 2.75) is 64.7 Å². The van der Waals surface area contributed by atoms with Crippen molar-refractivity contribution >= 4 is 15.6 Å². The van der Waals surface area contributed by atoms with E-state index in [0.717, 1.165) is 12.8 Å². The van der Waals surface area contributed by atoms with Crippen molar-refractivity contribution in [1.82, 2.24) is 0 Å².